The average molecular weight is 557 g/mol. The van der Waals surface area contributed by atoms with Crippen molar-refractivity contribution in [2.75, 3.05) is 55.2 Å². The molecule has 11 heteroatoms. The first-order valence-corrected chi connectivity index (χ1v) is 12.9. The van der Waals surface area contributed by atoms with Gasteiger partial charge in [0, 0.05) is 37.2 Å². The van der Waals surface area contributed by atoms with E-state index in [1.165, 1.54) is 9.91 Å². The Labute approximate surface area is 236 Å². The standard InChI is InChI=1S/C29H40N4O7/c1-29(2,3)30-28(35)32(13-14-36-4)18-27(34)33-23(19-9-12-24(38-6)26(15-19)40-8)17-22(31-33)21-11-10-20(37-5)16-25(21)39-7/h9-12,15-16,23H,13-14,17-18H2,1-8H3,(H,30,35)/t23-/m1/s1. The van der Waals surface area contributed by atoms with Gasteiger partial charge in [-0.1, -0.05) is 6.07 Å². The van der Waals surface area contributed by atoms with E-state index in [9.17, 15) is 9.59 Å². The molecule has 1 atom stereocenters. The van der Waals surface area contributed by atoms with Crippen LogP contribution >= 0.6 is 0 Å². The molecular formula is C29H40N4O7. The van der Waals surface area contributed by atoms with Crippen LogP contribution in [0.15, 0.2) is 41.5 Å². The summed E-state index contributed by atoms with van der Waals surface area (Å²) in [7, 11) is 7.83. The molecule has 1 aliphatic rings. The Morgan fingerprint density at radius 3 is 2.25 bits per heavy atom. The molecule has 0 saturated heterocycles. The van der Waals surface area contributed by atoms with Crippen LogP contribution in [0.1, 0.15) is 44.4 Å². The van der Waals surface area contributed by atoms with E-state index in [1.807, 2.05) is 45.0 Å². The zero-order valence-electron chi connectivity index (χ0n) is 24.6. The number of nitrogens with zero attached hydrogens (tertiary/aromatic N) is 3. The Morgan fingerprint density at radius 1 is 0.950 bits per heavy atom. The summed E-state index contributed by atoms with van der Waals surface area (Å²) < 4.78 is 27.1. The molecule has 0 aromatic heterocycles. The monoisotopic (exact) mass is 556 g/mol. The number of nitrogens with one attached hydrogen (secondary N) is 1. The highest BCUT2D eigenvalue weighted by Crippen LogP contribution is 2.39. The normalized spacial score (nSPS) is 14.8. The predicted molar refractivity (Wildman–Crippen MR) is 152 cm³/mol. The summed E-state index contributed by atoms with van der Waals surface area (Å²) in [5, 5.41) is 9.12. The van der Waals surface area contributed by atoms with Crippen molar-refractivity contribution < 1.29 is 33.3 Å². The van der Waals surface area contributed by atoms with Crippen molar-refractivity contribution in [3.05, 3.63) is 47.5 Å². The lowest BCUT2D eigenvalue weighted by Crippen LogP contribution is -2.52. The summed E-state index contributed by atoms with van der Waals surface area (Å²) in [6.45, 7) is 5.98. The van der Waals surface area contributed by atoms with Crippen LogP contribution < -0.4 is 24.3 Å². The van der Waals surface area contributed by atoms with Crippen molar-refractivity contribution in [3.63, 3.8) is 0 Å². The third-order valence-corrected chi connectivity index (χ3v) is 6.34. The Hall–Kier alpha value is -3.99. The third kappa shape index (κ3) is 7.35. The number of hydrogen-bond donors (Lipinski definition) is 1. The van der Waals surface area contributed by atoms with E-state index in [0.29, 0.717) is 35.1 Å². The van der Waals surface area contributed by atoms with E-state index in [-0.39, 0.29) is 31.6 Å². The molecule has 3 amide bonds. The van der Waals surface area contributed by atoms with Crippen LogP contribution in [-0.4, -0.2) is 88.3 Å². The van der Waals surface area contributed by atoms with Crippen molar-refractivity contribution in [1.29, 1.82) is 0 Å². The molecule has 0 spiro atoms. The molecule has 0 bridgehead atoms. The van der Waals surface area contributed by atoms with Crippen LogP contribution in [0.3, 0.4) is 0 Å². The molecule has 40 heavy (non-hydrogen) atoms. The average Bonchev–Trinajstić information content (AvgIpc) is 3.38. The maximum Gasteiger partial charge on any atom is 0.318 e. The molecule has 11 nitrogen and oxygen atoms in total. The van der Waals surface area contributed by atoms with Gasteiger partial charge >= 0.3 is 6.03 Å². The molecule has 0 saturated carbocycles. The smallest absolute Gasteiger partial charge is 0.318 e. The van der Waals surface area contributed by atoms with Crippen LogP contribution in [0, 0.1) is 0 Å². The fourth-order valence-electron chi connectivity index (χ4n) is 4.35. The van der Waals surface area contributed by atoms with Gasteiger partial charge < -0.3 is 33.9 Å². The highest BCUT2D eigenvalue weighted by molar-refractivity contribution is 6.05. The van der Waals surface area contributed by atoms with Crippen molar-refractivity contribution in [2.45, 2.75) is 38.8 Å². The van der Waals surface area contributed by atoms with Gasteiger partial charge in [0.25, 0.3) is 5.91 Å². The van der Waals surface area contributed by atoms with E-state index >= 15 is 0 Å². The van der Waals surface area contributed by atoms with Crippen LogP contribution in [0.25, 0.3) is 0 Å². The fourth-order valence-corrected chi connectivity index (χ4v) is 4.35. The van der Waals surface area contributed by atoms with Crippen molar-refractivity contribution in [2.24, 2.45) is 5.10 Å². The first-order chi connectivity index (χ1) is 19.0. The summed E-state index contributed by atoms with van der Waals surface area (Å²) in [6, 6.07) is 10.1. The highest BCUT2D eigenvalue weighted by atomic mass is 16.5. The number of ether oxygens (including phenoxy) is 5. The summed E-state index contributed by atoms with van der Waals surface area (Å²) in [4.78, 5) is 28.3. The molecule has 2 aromatic carbocycles. The molecule has 2 aromatic rings. The summed E-state index contributed by atoms with van der Waals surface area (Å²) in [5.41, 5.74) is 1.73. The summed E-state index contributed by atoms with van der Waals surface area (Å²) in [6.07, 6.45) is 0.413. The summed E-state index contributed by atoms with van der Waals surface area (Å²) in [5.74, 6) is 1.98. The Bertz CT molecular complexity index is 1230. The van der Waals surface area contributed by atoms with Gasteiger partial charge in [-0.3, -0.25) is 4.79 Å². The molecular weight excluding hydrogens is 516 g/mol. The molecule has 218 valence electrons. The van der Waals surface area contributed by atoms with Crippen LogP contribution in [-0.2, 0) is 9.53 Å². The zero-order valence-corrected chi connectivity index (χ0v) is 24.6. The van der Waals surface area contributed by atoms with Crippen LogP contribution in [0.2, 0.25) is 0 Å². The number of urea groups is 1. The van der Waals surface area contributed by atoms with Gasteiger partial charge in [0.1, 0.15) is 18.0 Å². The number of carbonyl (C=O) groups is 2. The first kappa shape index (κ1) is 30.6. The number of carbonyl (C=O) groups excluding carboxylic acids is 2. The SMILES string of the molecule is COCCN(CC(=O)N1N=C(c2ccc(OC)cc2OC)C[C@@H]1c1ccc(OC)c(OC)c1)C(=O)NC(C)(C)C. The lowest BCUT2D eigenvalue weighted by Gasteiger charge is -2.30. The Balaban J connectivity index is 2.01. The fraction of sp³-hybridized carbons (Fsp3) is 0.483. The largest absolute Gasteiger partial charge is 0.497 e. The number of rotatable bonds is 11. The summed E-state index contributed by atoms with van der Waals surface area (Å²) >= 11 is 0. The molecule has 0 radical (unpaired) electrons. The number of amides is 3. The molecule has 0 aliphatic carbocycles. The first-order valence-electron chi connectivity index (χ1n) is 12.9. The lowest BCUT2D eigenvalue weighted by molar-refractivity contribution is -0.133. The van der Waals surface area contributed by atoms with Gasteiger partial charge in [-0.05, 0) is 50.6 Å². The number of hydrogen-bond acceptors (Lipinski definition) is 8. The zero-order chi connectivity index (χ0) is 29.4. The Morgan fingerprint density at radius 2 is 1.65 bits per heavy atom. The highest BCUT2D eigenvalue weighted by Gasteiger charge is 2.36. The minimum atomic E-state index is -0.475. The molecule has 0 unspecified atom stereocenters. The number of methoxy groups -OCH3 is 5. The van der Waals surface area contributed by atoms with Gasteiger partial charge in [-0.25, -0.2) is 9.80 Å². The van der Waals surface area contributed by atoms with Crippen molar-refractivity contribution in [3.8, 4) is 23.0 Å². The maximum absolute atomic E-state index is 13.8. The van der Waals surface area contributed by atoms with E-state index in [0.717, 1.165) is 11.1 Å². The minimum Gasteiger partial charge on any atom is -0.497 e. The second kappa shape index (κ2) is 13.4. The van der Waals surface area contributed by atoms with E-state index in [1.54, 1.807) is 47.7 Å². The Kier molecular flexibility index (Phi) is 10.2. The van der Waals surface area contributed by atoms with E-state index in [4.69, 9.17) is 28.8 Å². The number of hydrazone groups is 1. The van der Waals surface area contributed by atoms with Gasteiger partial charge in [-0.15, -0.1) is 0 Å². The quantitative estimate of drug-likeness (QED) is 0.448. The van der Waals surface area contributed by atoms with Crippen molar-refractivity contribution in [1.82, 2.24) is 15.2 Å². The second-order valence-electron chi connectivity index (χ2n) is 10.3. The van der Waals surface area contributed by atoms with Crippen molar-refractivity contribution >= 4 is 17.6 Å². The molecule has 1 N–H and O–H groups in total. The van der Waals surface area contributed by atoms with Gasteiger partial charge in [0.15, 0.2) is 11.5 Å². The molecule has 1 heterocycles. The maximum atomic E-state index is 13.8. The van der Waals surface area contributed by atoms with Crippen LogP contribution in [0.4, 0.5) is 4.79 Å². The predicted octanol–water partition coefficient (Wildman–Crippen LogP) is 3.86. The molecule has 3 rings (SSSR count). The second-order valence-corrected chi connectivity index (χ2v) is 10.3. The number of benzene rings is 2. The van der Waals surface area contributed by atoms with Gasteiger partial charge in [0.05, 0.1) is 46.8 Å². The molecule has 1 aliphatic heterocycles. The lowest BCUT2D eigenvalue weighted by atomic mass is 9.97. The minimum absolute atomic E-state index is 0.189. The van der Waals surface area contributed by atoms with Crippen LogP contribution in [0.5, 0.6) is 23.0 Å². The van der Waals surface area contributed by atoms with Gasteiger partial charge in [0.2, 0.25) is 0 Å². The van der Waals surface area contributed by atoms with E-state index in [2.05, 4.69) is 5.32 Å². The van der Waals surface area contributed by atoms with Gasteiger partial charge in [-0.2, -0.15) is 5.10 Å². The third-order valence-electron chi connectivity index (χ3n) is 6.34. The topological polar surface area (TPSA) is 111 Å². The van der Waals surface area contributed by atoms with E-state index < -0.39 is 11.6 Å². The molecule has 0 fully saturated rings.